The number of nitrogens with one attached hydrogen (secondary N) is 1. The van der Waals surface area contributed by atoms with Crippen LogP contribution in [0.15, 0.2) is 24.3 Å². The van der Waals surface area contributed by atoms with Crippen molar-refractivity contribution in [3.63, 3.8) is 0 Å². The van der Waals surface area contributed by atoms with Crippen molar-refractivity contribution in [3.05, 3.63) is 30.0 Å². The van der Waals surface area contributed by atoms with E-state index in [-0.39, 0.29) is 5.91 Å². The van der Waals surface area contributed by atoms with Crippen molar-refractivity contribution in [3.8, 4) is 5.75 Å². The third kappa shape index (κ3) is 2.65. The monoisotopic (exact) mass is 328 g/mol. The van der Waals surface area contributed by atoms with Gasteiger partial charge in [-0.15, -0.1) is 0 Å². The smallest absolute Gasteiger partial charge is 0.241 e. The van der Waals surface area contributed by atoms with Crippen molar-refractivity contribution in [1.82, 2.24) is 20.1 Å². The topological polar surface area (TPSA) is 49.7 Å². The van der Waals surface area contributed by atoms with E-state index in [4.69, 9.17) is 4.84 Å². The summed E-state index contributed by atoms with van der Waals surface area (Å²) in [4.78, 5) is 19.5. The Labute approximate surface area is 141 Å². The number of hydrogen-bond donors (Lipinski definition) is 1. The Hall–Kier alpha value is -2.05. The number of aromatic nitrogens is 1. The second-order valence-electron chi connectivity index (χ2n) is 6.87. The summed E-state index contributed by atoms with van der Waals surface area (Å²) in [5.41, 5.74) is 5.22. The van der Waals surface area contributed by atoms with Gasteiger partial charge in [0.1, 0.15) is 0 Å². The Bertz CT molecular complexity index is 762. The van der Waals surface area contributed by atoms with Gasteiger partial charge in [-0.25, -0.2) is 5.01 Å². The standard InChI is InChI=1S/C18H24N4O2/c1-13-12-15-16(22(13)14-6-9-20(2)10-7-14)4-3-5-17(15)24-19-21-11-8-18(21)23/h3-5,12,14,19H,6-11H2,1-2H3. The van der Waals surface area contributed by atoms with E-state index >= 15 is 0 Å². The average Bonchev–Trinajstić information content (AvgIpc) is 2.91. The van der Waals surface area contributed by atoms with Gasteiger partial charge in [-0.05, 0) is 58.1 Å². The van der Waals surface area contributed by atoms with E-state index in [9.17, 15) is 4.79 Å². The van der Waals surface area contributed by atoms with Crippen molar-refractivity contribution in [2.75, 3.05) is 26.7 Å². The van der Waals surface area contributed by atoms with Crippen molar-refractivity contribution in [2.45, 2.75) is 32.2 Å². The van der Waals surface area contributed by atoms with Gasteiger partial charge in [0.05, 0.1) is 5.52 Å². The molecule has 1 amide bonds. The molecule has 0 spiro atoms. The fraction of sp³-hybridized carbons (Fsp3) is 0.500. The summed E-state index contributed by atoms with van der Waals surface area (Å²) < 4.78 is 2.45. The molecule has 1 aromatic heterocycles. The number of hydrazine groups is 1. The van der Waals surface area contributed by atoms with Gasteiger partial charge in [0.2, 0.25) is 5.91 Å². The van der Waals surface area contributed by atoms with E-state index in [2.05, 4.69) is 41.2 Å². The highest BCUT2D eigenvalue weighted by atomic mass is 16.7. The van der Waals surface area contributed by atoms with Crippen LogP contribution in [0.25, 0.3) is 10.9 Å². The maximum atomic E-state index is 11.4. The van der Waals surface area contributed by atoms with Gasteiger partial charge in [0.25, 0.3) is 0 Å². The fourth-order valence-electron chi connectivity index (χ4n) is 3.70. The van der Waals surface area contributed by atoms with Crippen molar-refractivity contribution in [1.29, 1.82) is 0 Å². The molecular weight excluding hydrogens is 304 g/mol. The molecule has 4 rings (SSSR count). The highest BCUT2D eigenvalue weighted by molar-refractivity contribution is 5.87. The van der Waals surface area contributed by atoms with Crippen LogP contribution in [0.4, 0.5) is 0 Å². The molecule has 1 N–H and O–H groups in total. The molecule has 1 aromatic carbocycles. The van der Waals surface area contributed by atoms with E-state index < -0.39 is 0 Å². The number of fused-ring (bicyclic) bond motifs is 1. The summed E-state index contributed by atoms with van der Waals surface area (Å²) >= 11 is 0. The summed E-state index contributed by atoms with van der Waals surface area (Å²) in [5, 5.41) is 2.59. The van der Waals surface area contributed by atoms with E-state index in [0.29, 0.717) is 19.0 Å². The van der Waals surface area contributed by atoms with Gasteiger partial charge in [0.15, 0.2) is 5.75 Å². The number of hydrogen-bond acceptors (Lipinski definition) is 4. The minimum Gasteiger partial charge on any atom is -0.388 e. The first-order valence-corrected chi connectivity index (χ1v) is 8.65. The number of nitrogens with zero attached hydrogens (tertiary/aromatic N) is 3. The van der Waals surface area contributed by atoms with Crippen LogP contribution in [0.5, 0.6) is 5.75 Å². The van der Waals surface area contributed by atoms with Gasteiger partial charge in [0, 0.05) is 30.1 Å². The normalized spacial score (nSPS) is 19.8. The van der Waals surface area contributed by atoms with Crippen molar-refractivity contribution in [2.24, 2.45) is 0 Å². The lowest BCUT2D eigenvalue weighted by molar-refractivity contribution is -0.154. The molecule has 2 saturated heterocycles. The Morgan fingerprint density at radius 2 is 2.00 bits per heavy atom. The molecule has 0 saturated carbocycles. The molecule has 0 unspecified atom stereocenters. The molecule has 6 nitrogen and oxygen atoms in total. The first-order valence-electron chi connectivity index (χ1n) is 8.65. The molecule has 2 aliphatic heterocycles. The average molecular weight is 328 g/mol. The van der Waals surface area contributed by atoms with E-state index in [1.807, 2.05) is 12.1 Å². The largest absolute Gasteiger partial charge is 0.388 e. The molecule has 2 aromatic rings. The van der Waals surface area contributed by atoms with Gasteiger partial charge in [-0.2, -0.15) is 0 Å². The van der Waals surface area contributed by atoms with E-state index in [1.165, 1.54) is 29.1 Å². The highest BCUT2D eigenvalue weighted by Crippen LogP contribution is 2.34. The van der Waals surface area contributed by atoms with Crippen LogP contribution >= 0.6 is 0 Å². The molecular formula is C18H24N4O2. The number of rotatable bonds is 4. The lowest BCUT2D eigenvalue weighted by Gasteiger charge is -2.31. The lowest BCUT2D eigenvalue weighted by Crippen LogP contribution is -2.53. The molecule has 0 aliphatic carbocycles. The Morgan fingerprint density at radius 3 is 2.67 bits per heavy atom. The van der Waals surface area contributed by atoms with Crippen LogP contribution in [-0.2, 0) is 4.79 Å². The van der Waals surface area contributed by atoms with Gasteiger partial charge in [-0.1, -0.05) is 11.7 Å². The molecule has 0 bridgehead atoms. The second kappa shape index (κ2) is 6.11. The number of carbonyl (C=O) groups excluding carboxylic acids is 1. The number of aryl methyl sites for hydroxylation is 1. The van der Waals surface area contributed by atoms with Gasteiger partial charge < -0.3 is 14.3 Å². The maximum Gasteiger partial charge on any atom is 0.241 e. The molecule has 24 heavy (non-hydrogen) atoms. The Morgan fingerprint density at radius 1 is 1.21 bits per heavy atom. The Kier molecular flexibility index (Phi) is 3.94. The van der Waals surface area contributed by atoms with Crippen molar-refractivity contribution < 1.29 is 9.63 Å². The SMILES string of the molecule is Cc1cc2c(ONN3CCC3=O)cccc2n1C1CCN(C)CC1. The quantitative estimate of drug-likeness (QED) is 0.691. The molecule has 2 fully saturated rings. The first-order chi connectivity index (χ1) is 11.6. The summed E-state index contributed by atoms with van der Waals surface area (Å²) in [6.07, 6.45) is 2.94. The third-order valence-corrected chi connectivity index (χ3v) is 5.21. The summed E-state index contributed by atoms with van der Waals surface area (Å²) in [6, 6.07) is 8.84. The first kappa shape index (κ1) is 15.5. The van der Waals surface area contributed by atoms with Crippen LogP contribution in [0.2, 0.25) is 0 Å². The number of amides is 1. The zero-order valence-corrected chi connectivity index (χ0v) is 14.3. The Balaban J connectivity index is 1.61. The van der Waals surface area contributed by atoms with E-state index in [0.717, 1.165) is 24.2 Å². The number of carbonyl (C=O) groups is 1. The number of piperidine rings is 1. The lowest BCUT2D eigenvalue weighted by atomic mass is 10.0. The third-order valence-electron chi connectivity index (χ3n) is 5.21. The van der Waals surface area contributed by atoms with Gasteiger partial charge >= 0.3 is 0 Å². The minimum absolute atomic E-state index is 0.0715. The maximum absolute atomic E-state index is 11.4. The fourth-order valence-corrected chi connectivity index (χ4v) is 3.70. The number of β-lactam (4-membered cyclic amide) rings is 1. The summed E-state index contributed by atoms with van der Waals surface area (Å²) in [5.74, 6) is 0.837. The van der Waals surface area contributed by atoms with Crippen molar-refractivity contribution >= 4 is 16.8 Å². The predicted molar refractivity (Wildman–Crippen MR) is 92.5 cm³/mol. The van der Waals surface area contributed by atoms with Crippen LogP contribution in [0.1, 0.15) is 31.0 Å². The minimum atomic E-state index is 0.0715. The van der Waals surface area contributed by atoms with Crippen LogP contribution in [-0.4, -0.2) is 47.1 Å². The highest BCUT2D eigenvalue weighted by Gasteiger charge is 2.25. The number of likely N-dealkylation sites (tertiary alicyclic amines) is 1. The molecule has 0 radical (unpaired) electrons. The zero-order chi connectivity index (χ0) is 16.7. The molecule has 3 heterocycles. The van der Waals surface area contributed by atoms with Gasteiger partial charge in [-0.3, -0.25) is 4.79 Å². The zero-order valence-electron chi connectivity index (χ0n) is 14.3. The van der Waals surface area contributed by atoms with Crippen LogP contribution in [0, 0.1) is 6.92 Å². The summed E-state index contributed by atoms with van der Waals surface area (Å²) in [6.45, 7) is 5.14. The molecule has 0 atom stereocenters. The number of benzene rings is 1. The molecule has 2 aliphatic rings. The molecule has 128 valence electrons. The van der Waals surface area contributed by atoms with Crippen LogP contribution < -0.4 is 10.4 Å². The second-order valence-corrected chi connectivity index (χ2v) is 6.87. The van der Waals surface area contributed by atoms with E-state index in [1.54, 1.807) is 0 Å². The molecule has 6 heteroatoms. The summed E-state index contributed by atoms with van der Waals surface area (Å²) in [7, 11) is 2.19. The predicted octanol–water partition coefficient (Wildman–Crippen LogP) is 2.25. The van der Waals surface area contributed by atoms with Crippen LogP contribution in [0.3, 0.4) is 0 Å².